The van der Waals surface area contributed by atoms with Crippen LogP contribution in [0, 0.1) is 0 Å². The summed E-state index contributed by atoms with van der Waals surface area (Å²) in [6, 6.07) is 7.74. The van der Waals surface area contributed by atoms with Gasteiger partial charge < -0.3 is 15.0 Å². The number of carboxylic acids is 1. The number of nitrogens with zero attached hydrogens (tertiary/aromatic N) is 1. The van der Waals surface area contributed by atoms with Crippen molar-refractivity contribution < 1.29 is 14.7 Å². The van der Waals surface area contributed by atoms with Crippen molar-refractivity contribution in [2.45, 2.75) is 18.9 Å². The summed E-state index contributed by atoms with van der Waals surface area (Å²) < 4.78 is 0. The van der Waals surface area contributed by atoms with Crippen molar-refractivity contribution in [1.82, 2.24) is 9.88 Å². The minimum atomic E-state index is -1.01. The van der Waals surface area contributed by atoms with Crippen molar-refractivity contribution in [3.63, 3.8) is 0 Å². The fourth-order valence-electron chi connectivity index (χ4n) is 2.75. The molecule has 2 heterocycles. The lowest BCUT2D eigenvalue weighted by atomic mass is 10.1. The van der Waals surface area contributed by atoms with Crippen LogP contribution in [0.3, 0.4) is 0 Å². The first-order chi connectivity index (χ1) is 10.1. The Labute approximate surface area is 120 Å². The Morgan fingerprint density at radius 3 is 2.81 bits per heavy atom. The zero-order chi connectivity index (χ0) is 15.0. The maximum Gasteiger partial charge on any atom is 0.326 e. The van der Waals surface area contributed by atoms with Crippen LogP contribution in [0.1, 0.15) is 23.3 Å². The van der Waals surface area contributed by atoms with E-state index >= 15 is 0 Å². The van der Waals surface area contributed by atoms with Crippen LogP contribution >= 0.6 is 0 Å². The summed E-state index contributed by atoms with van der Waals surface area (Å²) in [6.45, 7) is 0.394. The average Bonchev–Trinajstić information content (AvgIpc) is 2.96. The van der Waals surface area contributed by atoms with Crippen LogP contribution in [0.5, 0.6) is 0 Å². The topological polar surface area (TPSA) is 90.5 Å². The molecule has 1 fully saturated rings. The average molecular weight is 286 g/mol. The molecule has 1 aliphatic rings. The molecule has 2 N–H and O–H groups in total. The third-order valence-corrected chi connectivity index (χ3v) is 3.78. The first-order valence-electron chi connectivity index (χ1n) is 6.74. The zero-order valence-corrected chi connectivity index (χ0v) is 11.2. The SMILES string of the molecule is O=C(O)[C@H]1CCCN1C(=O)c1cc2ccccc2c(=O)[nH]1. The normalized spacial score (nSPS) is 18.1. The summed E-state index contributed by atoms with van der Waals surface area (Å²) in [5.74, 6) is -1.45. The molecule has 1 aromatic carbocycles. The van der Waals surface area contributed by atoms with Gasteiger partial charge in [0.25, 0.3) is 11.5 Å². The number of nitrogens with one attached hydrogen (secondary N) is 1. The van der Waals surface area contributed by atoms with Crippen molar-refractivity contribution in [1.29, 1.82) is 0 Å². The summed E-state index contributed by atoms with van der Waals surface area (Å²) in [6.07, 6.45) is 1.10. The minimum absolute atomic E-state index is 0.131. The predicted molar refractivity (Wildman–Crippen MR) is 76.3 cm³/mol. The molecule has 3 rings (SSSR count). The number of H-pyrrole nitrogens is 1. The third kappa shape index (κ3) is 2.29. The highest BCUT2D eigenvalue weighted by molar-refractivity contribution is 5.98. The molecule has 1 aliphatic heterocycles. The molecule has 1 amide bonds. The van der Waals surface area contributed by atoms with E-state index in [1.165, 1.54) is 4.90 Å². The van der Waals surface area contributed by atoms with Crippen LogP contribution in [0.2, 0.25) is 0 Å². The second-order valence-corrected chi connectivity index (χ2v) is 5.09. The number of benzene rings is 1. The lowest BCUT2D eigenvalue weighted by Gasteiger charge is -2.21. The monoisotopic (exact) mass is 286 g/mol. The van der Waals surface area contributed by atoms with Gasteiger partial charge >= 0.3 is 5.97 Å². The number of aliphatic carboxylic acids is 1. The Morgan fingerprint density at radius 2 is 2.05 bits per heavy atom. The zero-order valence-electron chi connectivity index (χ0n) is 11.2. The number of carbonyl (C=O) groups excluding carboxylic acids is 1. The van der Waals surface area contributed by atoms with Gasteiger partial charge in [0.1, 0.15) is 11.7 Å². The van der Waals surface area contributed by atoms with Crippen molar-refractivity contribution in [3.8, 4) is 0 Å². The summed E-state index contributed by atoms with van der Waals surface area (Å²) in [4.78, 5) is 39.5. The smallest absolute Gasteiger partial charge is 0.326 e. The number of aromatic amines is 1. The van der Waals surface area contributed by atoms with E-state index in [2.05, 4.69) is 4.98 Å². The summed E-state index contributed by atoms with van der Waals surface area (Å²) >= 11 is 0. The van der Waals surface area contributed by atoms with E-state index < -0.39 is 17.9 Å². The largest absolute Gasteiger partial charge is 0.480 e. The summed E-state index contributed by atoms with van der Waals surface area (Å²) in [5, 5.41) is 10.3. The number of amides is 1. The Kier molecular flexibility index (Phi) is 3.21. The predicted octanol–water partition coefficient (Wildman–Crippen LogP) is 1.22. The van der Waals surface area contributed by atoms with Gasteiger partial charge in [-0.2, -0.15) is 0 Å². The Balaban J connectivity index is 2.02. The molecule has 6 heteroatoms. The molecule has 21 heavy (non-hydrogen) atoms. The van der Waals surface area contributed by atoms with Gasteiger partial charge in [-0.15, -0.1) is 0 Å². The molecular formula is C15H14N2O4. The number of hydrogen-bond acceptors (Lipinski definition) is 3. The van der Waals surface area contributed by atoms with Crippen LogP contribution in [0.4, 0.5) is 0 Å². The van der Waals surface area contributed by atoms with Crippen LogP contribution in [0.25, 0.3) is 10.8 Å². The molecule has 0 saturated carbocycles. The first-order valence-corrected chi connectivity index (χ1v) is 6.74. The third-order valence-electron chi connectivity index (χ3n) is 3.78. The molecule has 1 saturated heterocycles. The number of aromatic nitrogens is 1. The second kappa shape index (κ2) is 5.05. The van der Waals surface area contributed by atoms with Crippen molar-refractivity contribution >= 4 is 22.6 Å². The number of hydrogen-bond donors (Lipinski definition) is 2. The van der Waals surface area contributed by atoms with Crippen molar-refractivity contribution in [3.05, 3.63) is 46.4 Å². The minimum Gasteiger partial charge on any atom is -0.480 e. The van der Waals surface area contributed by atoms with Crippen molar-refractivity contribution in [2.75, 3.05) is 6.54 Å². The summed E-state index contributed by atoms with van der Waals surface area (Å²) in [7, 11) is 0. The molecule has 6 nitrogen and oxygen atoms in total. The number of likely N-dealkylation sites (tertiary alicyclic amines) is 1. The van der Waals surface area contributed by atoms with E-state index in [4.69, 9.17) is 5.11 Å². The fraction of sp³-hybridized carbons (Fsp3) is 0.267. The highest BCUT2D eigenvalue weighted by Gasteiger charge is 2.34. The molecule has 1 atom stereocenters. The van der Waals surface area contributed by atoms with Crippen molar-refractivity contribution in [2.24, 2.45) is 0 Å². The maximum absolute atomic E-state index is 12.5. The molecule has 1 aromatic heterocycles. The van der Waals surface area contributed by atoms with E-state index in [1.54, 1.807) is 30.3 Å². The summed E-state index contributed by atoms with van der Waals surface area (Å²) in [5.41, 5.74) is -0.214. The van der Waals surface area contributed by atoms with Crippen LogP contribution in [-0.2, 0) is 4.79 Å². The van der Waals surface area contributed by atoms with E-state index in [0.29, 0.717) is 30.2 Å². The van der Waals surface area contributed by atoms with Crippen LogP contribution in [0.15, 0.2) is 35.1 Å². The van der Waals surface area contributed by atoms with Gasteiger partial charge in [0.2, 0.25) is 0 Å². The molecular weight excluding hydrogens is 272 g/mol. The number of carbonyl (C=O) groups is 2. The van der Waals surface area contributed by atoms with E-state index in [0.717, 1.165) is 0 Å². The quantitative estimate of drug-likeness (QED) is 0.868. The highest BCUT2D eigenvalue weighted by Crippen LogP contribution is 2.20. The molecule has 0 bridgehead atoms. The molecule has 0 unspecified atom stereocenters. The van der Waals surface area contributed by atoms with Gasteiger partial charge in [-0.1, -0.05) is 18.2 Å². The highest BCUT2D eigenvalue weighted by atomic mass is 16.4. The Bertz CT molecular complexity index is 781. The van der Waals surface area contributed by atoms with Gasteiger partial charge in [-0.25, -0.2) is 4.79 Å². The second-order valence-electron chi connectivity index (χ2n) is 5.09. The number of pyridine rings is 1. The van der Waals surface area contributed by atoms with Gasteiger partial charge in [0.15, 0.2) is 0 Å². The first kappa shape index (κ1) is 13.4. The van der Waals surface area contributed by atoms with E-state index in [-0.39, 0.29) is 11.3 Å². The molecule has 0 spiro atoms. The Morgan fingerprint density at radius 1 is 1.29 bits per heavy atom. The number of rotatable bonds is 2. The maximum atomic E-state index is 12.5. The van der Waals surface area contributed by atoms with Gasteiger partial charge in [0, 0.05) is 11.9 Å². The van der Waals surface area contributed by atoms with E-state index in [1.807, 2.05) is 0 Å². The molecule has 108 valence electrons. The fourth-order valence-corrected chi connectivity index (χ4v) is 2.75. The molecule has 0 aliphatic carbocycles. The number of carboxylic acid groups (broad SMARTS) is 1. The van der Waals surface area contributed by atoms with Crippen LogP contribution < -0.4 is 5.56 Å². The van der Waals surface area contributed by atoms with Crippen LogP contribution in [-0.4, -0.2) is 39.5 Å². The lowest BCUT2D eigenvalue weighted by molar-refractivity contribution is -0.141. The Hall–Kier alpha value is -2.63. The van der Waals surface area contributed by atoms with E-state index in [9.17, 15) is 14.4 Å². The van der Waals surface area contributed by atoms with Gasteiger partial charge in [-0.05, 0) is 30.4 Å². The lowest BCUT2D eigenvalue weighted by Crippen LogP contribution is -2.41. The van der Waals surface area contributed by atoms with Gasteiger partial charge in [-0.3, -0.25) is 9.59 Å². The number of fused-ring (bicyclic) bond motifs is 1. The molecule has 2 aromatic rings. The van der Waals surface area contributed by atoms with Gasteiger partial charge in [0.05, 0.1) is 0 Å². The standard InChI is InChI=1S/C15H14N2O4/c18-13-10-5-2-1-4-9(10)8-11(16-13)14(19)17-7-3-6-12(17)15(20)21/h1-2,4-5,8,12H,3,6-7H2,(H,16,18)(H,20,21)/t12-/m1/s1. The molecule has 0 radical (unpaired) electrons.